The molecule has 0 amide bonds. The number of fused-ring (bicyclic) bond motifs is 1. The smallest absolute Gasteiger partial charge is 0.171 e. The van der Waals surface area contributed by atoms with Crippen LogP contribution in [0.25, 0.3) is 0 Å². The van der Waals surface area contributed by atoms with Crippen LogP contribution in [-0.4, -0.2) is 20.0 Å². The van der Waals surface area contributed by atoms with Crippen LogP contribution in [-0.2, 0) is 0 Å². The van der Waals surface area contributed by atoms with E-state index in [0.29, 0.717) is 0 Å². The molecule has 1 aliphatic rings. The molecule has 0 radical (unpaired) electrons. The fraction of sp³-hybridized carbons (Fsp3) is 0.278. The number of Topliss-reactive ketones (excluding diaryl/α,β-unsaturated/α-hetero) is 1. The molecule has 0 saturated carbocycles. The predicted molar refractivity (Wildman–Crippen MR) is 81.5 cm³/mol. The number of hydrogen-bond donors (Lipinski definition) is 0. The van der Waals surface area contributed by atoms with Crippen molar-refractivity contribution < 1.29 is 14.3 Å². The molecule has 2 aromatic carbocycles. The van der Waals surface area contributed by atoms with E-state index in [4.69, 9.17) is 9.47 Å². The normalized spacial score (nSPS) is 20.2. The van der Waals surface area contributed by atoms with Crippen molar-refractivity contribution in [3.8, 4) is 11.5 Å². The summed E-state index contributed by atoms with van der Waals surface area (Å²) in [6, 6.07) is 13.4. The van der Waals surface area contributed by atoms with E-state index in [0.717, 1.165) is 28.2 Å². The van der Waals surface area contributed by atoms with Gasteiger partial charge in [-0.05, 0) is 47.4 Å². The van der Waals surface area contributed by atoms with Crippen LogP contribution in [0.15, 0.2) is 42.5 Å². The van der Waals surface area contributed by atoms with E-state index in [1.807, 2.05) is 42.5 Å². The van der Waals surface area contributed by atoms with Crippen molar-refractivity contribution in [3.05, 3.63) is 59.2 Å². The molecule has 0 fully saturated rings. The number of hydrogen-bond acceptors (Lipinski definition) is 3. The Balaban J connectivity index is 2.00. The number of carbonyl (C=O) groups excluding carboxylic acids is 1. The summed E-state index contributed by atoms with van der Waals surface area (Å²) in [7, 11) is 3.28. The molecule has 0 saturated heterocycles. The van der Waals surface area contributed by atoms with Gasteiger partial charge >= 0.3 is 0 Å². The van der Waals surface area contributed by atoms with Gasteiger partial charge in [0, 0.05) is 5.56 Å². The number of ketones is 1. The van der Waals surface area contributed by atoms with Gasteiger partial charge in [0.25, 0.3) is 0 Å². The molecular formula is C18H18O3. The first-order chi connectivity index (χ1) is 10.2. The van der Waals surface area contributed by atoms with Crippen molar-refractivity contribution in [3.63, 3.8) is 0 Å². The summed E-state index contributed by atoms with van der Waals surface area (Å²) in [5, 5.41) is 0. The molecule has 2 unspecified atom stereocenters. The lowest BCUT2D eigenvalue weighted by Crippen LogP contribution is -2.09. The van der Waals surface area contributed by atoms with Crippen LogP contribution in [0, 0.1) is 0 Å². The van der Waals surface area contributed by atoms with Crippen LogP contribution in [0.4, 0.5) is 0 Å². The first kappa shape index (κ1) is 13.7. The molecule has 1 aliphatic carbocycles. The lowest BCUT2D eigenvalue weighted by molar-refractivity contribution is 0.0966. The zero-order valence-electron chi connectivity index (χ0n) is 12.4. The quantitative estimate of drug-likeness (QED) is 0.859. The number of rotatable bonds is 3. The highest BCUT2D eigenvalue weighted by Crippen LogP contribution is 2.44. The summed E-state index contributed by atoms with van der Waals surface area (Å²) >= 11 is 0. The SMILES string of the molecule is COc1ccc(C2C(=O)c3ccc(OC)cc3C2C)cc1. The summed E-state index contributed by atoms with van der Waals surface area (Å²) in [6.45, 7) is 2.10. The lowest BCUT2D eigenvalue weighted by atomic mass is 9.87. The number of methoxy groups -OCH3 is 2. The summed E-state index contributed by atoms with van der Waals surface area (Å²) in [5.41, 5.74) is 2.91. The molecule has 0 bridgehead atoms. The number of carbonyl (C=O) groups is 1. The van der Waals surface area contributed by atoms with E-state index >= 15 is 0 Å². The van der Waals surface area contributed by atoms with E-state index < -0.39 is 0 Å². The van der Waals surface area contributed by atoms with E-state index in [9.17, 15) is 4.79 Å². The molecule has 2 atom stereocenters. The Hall–Kier alpha value is -2.29. The fourth-order valence-electron chi connectivity index (χ4n) is 3.09. The Kier molecular flexibility index (Phi) is 3.42. The van der Waals surface area contributed by atoms with Gasteiger partial charge in [0.2, 0.25) is 0 Å². The van der Waals surface area contributed by atoms with E-state index in [1.54, 1.807) is 14.2 Å². The average Bonchev–Trinajstić information content (AvgIpc) is 2.78. The maximum absolute atomic E-state index is 12.7. The fourth-order valence-corrected chi connectivity index (χ4v) is 3.09. The standard InChI is InChI=1S/C18H18O3/c1-11-16-10-14(21-3)8-9-15(16)18(19)17(11)12-4-6-13(20-2)7-5-12/h4-11,17H,1-3H3. The second-order valence-electron chi connectivity index (χ2n) is 5.36. The maximum Gasteiger partial charge on any atom is 0.171 e. The van der Waals surface area contributed by atoms with Gasteiger partial charge in [-0.1, -0.05) is 19.1 Å². The highest BCUT2D eigenvalue weighted by Gasteiger charge is 2.38. The maximum atomic E-state index is 12.7. The van der Waals surface area contributed by atoms with Gasteiger partial charge < -0.3 is 9.47 Å². The zero-order chi connectivity index (χ0) is 15.0. The summed E-state index contributed by atoms with van der Waals surface area (Å²) < 4.78 is 10.4. The third-order valence-corrected chi connectivity index (χ3v) is 4.27. The molecular weight excluding hydrogens is 264 g/mol. The molecule has 0 spiro atoms. The molecule has 3 rings (SSSR count). The monoisotopic (exact) mass is 282 g/mol. The first-order valence-electron chi connectivity index (χ1n) is 7.01. The molecule has 0 heterocycles. The zero-order valence-corrected chi connectivity index (χ0v) is 12.4. The number of benzene rings is 2. The third kappa shape index (κ3) is 2.19. The van der Waals surface area contributed by atoms with Crippen LogP contribution < -0.4 is 9.47 Å². The van der Waals surface area contributed by atoms with Gasteiger partial charge in [-0.25, -0.2) is 0 Å². The van der Waals surface area contributed by atoms with Crippen LogP contribution in [0.2, 0.25) is 0 Å². The Morgan fingerprint density at radius 3 is 2.14 bits per heavy atom. The van der Waals surface area contributed by atoms with Gasteiger partial charge in [-0.3, -0.25) is 4.79 Å². The van der Waals surface area contributed by atoms with Gasteiger partial charge in [0.15, 0.2) is 5.78 Å². The van der Waals surface area contributed by atoms with Gasteiger partial charge in [0.05, 0.1) is 20.1 Å². The summed E-state index contributed by atoms with van der Waals surface area (Å²) in [6.07, 6.45) is 0. The van der Waals surface area contributed by atoms with E-state index in [2.05, 4.69) is 6.92 Å². The molecule has 3 nitrogen and oxygen atoms in total. The minimum Gasteiger partial charge on any atom is -0.497 e. The molecule has 21 heavy (non-hydrogen) atoms. The van der Waals surface area contributed by atoms with Crippen molar-refractivity contribution in [2.75, 3.05) is 14.2 Å². The second kappa shape index (κ2) is 5.24. The van der Waals surface area contributed by atoms with Crippen molar-refractivity contribution in [2.24, 2.45) is 0 Å². The minimum atomic E-state index is -0.127. The van der Waals surface area contributed by atoms with Crippen LogP contribution >= 0.6 is 0 Å². The van der Waals surface area contributed by atoms with E-state index in [1.165, 1.54) is 0 Å². The molecule has 3 heteroatoms. The molecule has 0 aromatic heterocycles. The van der Waals surface area contributed by atoms with Gasteiger partial charge in [0.1, 0.15) is 11.5 Å². The Morgan fingerprint density at radius 2 is 1.52 bits per heavy atom. The highest BCUT2D eigenvalue weighted by molar-refractivity contribution is 6.06. The van der Waals surface area contributed by atoms with Crippen LogP contribution in [0.1, 0.15) is 40.2 Å². The minimum absolute atomic E-state index is 0.127. The number of ether oxygens (including phenoxy) is 2. The van der Waals surface area contributed by atoms with E-state index in [-0.39, 0.29) is 17.6 Å². The van der Waals surface area contributed by atoms with Crippen LogP contribution in [0.5, 0.6) is 11.5 Å². The Morgan fingerprint density at radius 1 is 0.905 bits per heavy atom. The van der Waals surface area contributed by atoms with Crippen molar-refractivity contribution >= 4 is 5.78 Å². The van der Waals surface area contributed by atoms with Crippen LogP contribution in [0.3, 0.4) is 0 Å². The lowest BCUT2D eigenvalue weighted by Gasteiger charge is -2.15. The summed E-state index contributed by atoms with van der Waals surface area (Å²) in [4.78, 5) is 12.7. The Bertz CT molecular complexity index is 673. The van der Waals surface area contributed by atoms with Crippen molar-refractivity contribution in [2.45, 2.75) is 18.8 Å². The third-order valence-electron chi connectivity index (χ3n) is 4.27. The highest BCUT2D eigenvalue weighted by atomic mass is 16.5. The predicted octanol–water partition coefficient (Wildman–Crippen LogP) is 3.79. The first-order valence-corrected chi connectivity index (χ1v) is 7.01. The molecule has 2 aromatic rings. The van der Waals surface area contributed by atoms with Gasteiger partial charge in [-0.15, -0.1) is 0 Å². The van der Waals surface area contributed by atoms with Crippen molar-refractivity contribution in [1.29, 1.82) is 0 Å². The molecule has 0 aliphatic heterocycles. The molecule has 0 N–H and O–H groups in total. The second-order valence-corrected chi connectivity index (χ2v) is 5.36. The van der Waals surface area contributed by atoms with Crippen molar-refractivity contribution in [1.82, 2.24) is 0 Å². The topological polar surface area (TPSA) is 35.5 Å². The van der Waals surface area contributed by atoms with Gasteiger partial charge in [-0.2, -0.15) is 0 Å². The summed E-state index contributed by atoms with van der Waals surface area (Å²) in [5.74, 6) is 1.80. The molecule has 108 valence electrons. The Labute approximate surface area is 124 Å². The average molecular weight is 282 g/mol. The largest absolute Gasteiger partial charge is 0.497 e.